The Hall–Kier alpha value is -1.68. The van der Waals surface area contributed by atoms with Crippen molar-refractivity contribution in [2.45, 2.75) is 13.8 Å². The molecule has 0 bridgehead atoms. The Labute approximate surface area is 107 Å². The minimum atomic E-state index is 0. The zero-order valence-corrected chi connectivity index (χ0v) is 10.9. The minimum Gasteiger partial charge on any atom is -0.496 e. The first kappa shape index (κ1) is 13.4. The van der Waals surface area contributed by atoms with E-state index in [1.165, 1.54) is 0 Å². The molecule has 0 radical (unpaired) electrons. The van der Waals surface area contributed by atoms with Gasteiger partial charge in [0, 0.05) is 11.6 Å². The van der Waals surface area contributed by atoms with Gasteiger partial charge in [-0.2, -0.15) is 5.10 Å². The van der Waals surface area contributed by atoms with E-state index in [-0.39, 0.29) is 12.4 Å². The zero-order valence-electron chi connectivity index (χ0n) is 10.1. The molecule has 0 aliphatic heterocycles. The smallest absolute Gasteiger partial charge is 0.145 e. The van der Waals surface area contributed by atoms with E-state index < -0.39 is 0 Å². The van der Waals surface area contributed by atoms with Crippen molar-refractivity contribution in [2.24, 2.45) is 0 Å². The maximum Gasteiger partial charge on any atom is 0.145 e. The van der Waals surface area contributed by atoms with E-state index in [0.29, 0.717) is 5.82 Å². The van der Waals surface area contributed by atoms with E-state index in [4.69, 9.17) is 10.5 Å². The number of halogens is 1. The number of aryl methyl sites for hydroxylation is 2. The van der Waals surface area contributed by atoms with Crippen LogP contribution in [0.4, 0.5) is 5.82 Å². The number of H-pyrrole nitrogens is 1. The Kier molecular flexibility index (Phi) is 4.02. The summed E-state index contributed by atoms with van der Waals surface area (Å²) in [6, 6.07) is 5.93. The summed E-state index contributed by atoms with van der Waals surface area (Å²) < 4.78 is 5.32. The minimum absolute atomic E-state index is 0. The van der Waals surface area contributed by atoms with Crippen LogP contribution in [0.2, 0.25) is 0 Å². The molecule has 3 N–H and O–H groups in total. The molecule has 0 amide bonds. The van der Waals surface area contributed by atoms with Crippen LogP contribution in [-0.2, 0) is 0 Å². The fraction of sp³-hybridized carbons (Fsp3) is 0.250. The van der Waals surface area contributed by atoms with E-state index in [2.05, 4.69) is 22.3 Å². The molecule has 1 aromatic carbocycles. The van der Waals surface area contributed by atoms with Crippen molar-refractivity contribution >= 4 is 18.2 Å². The second-order valence-corrected chi connectivity index (χ2v) is 3.85. The van der Waals surface area contributed by atoms with Crippen LogP contribution in [0.1, 0.15) is 11.1 Å². The Morgan fingerprint density at radius 2 is 1.76 bits per heavy atom. The molecule has 5 heteroatoms. The van der Waals surface area contributed by atoms with Crippen molar-refractivity contribution < 1.29 is 4.74 Å². The third-order valence-electron chi connectivity index (χ3n) is 2.57. The fourth-order valence-electron chi connectivity index (χ4n) is 1.91. The van der Waals surface area contributed by atoms with Crippen LogP contribution in [0.3, 0.4) is 0 Å². The number of ether oxygens (including phenoxy) is 1. The number of aromatic amines is 1. The highest BCUT2D eigenvalue weighted by Crippen LogP contribution is 2.29. The molecule has 0 saturated carbocycles. The largest absolute Gasteiger partial charge is 0.496 e. The highest BCUT2D eigenvalue weighted by molar-refractivity contribution is 5.85. The molecular formula is C12H16ClN3O. The molecule has 0 aliphatic rings. The van der Waals surface area contributed by atoms with Gasteiger partial charge in [-0.05, 0) is 37.1 Å². The molecule has 17 heavy (non-hydrogen) atoms. The molecule has 4 nitrogen and oxygen atoms in total. The summed E-state index contributed by atoms with van der Waals surface area (Å²) >= 11 is 0. The number of anilines is 1. The Morgan fingerprint density at radius 1 is 1.18 bits per heavy atom. The molecule has 0 unspecified atom stereocenters. The Morgan fingerprint density at radius 3 is 2.18 bits per heavy atom. The summed E-state index contributed by atoms with van der Waals surface area (Å²) in [4.78, 5) is 0. The van der Waals surface area contributed by atoms with Crippen molar-refractivity contribution in [3.63, 3.8) is 0 Å². The van der Waals surface area contributed by atoms with Crippen LogP contribution in [0.25, 0.3) is 11.3 Å². The first-order chi connectivity index (χ1) is 7.61. The predicted molar refractivity (Wildman–Crippen MR) is 71.7 cm³/mol. The summed E-state index contributed by atoms with van der Waals surface area (Å²) in [5.74, 6) is 1.43. The van der Waals surface area contributed by atoms with Gasteiger partial charge in [-0.1, -0.05) is 0 Å². The third-order valence-corrected chi connectivity index (χ3v) is 2.57. The van der Waals surface area contributed by atoms with Gasteiger partial charge < -0.3 is 10.5 Å². The maximum absolute atomic E-state index is 5.58. The van der Waals surface area contributed by atoms with E-state index >= 15 is 0 Å². The van der Waals surface area contributed by atoms with Gasteiger partial charge in [0.2, 0.25) is 0 Å². The van der Waals surface area contributed by atoms with Gasteiger partial charge in [-0.3, -0.25) is 5.10 Å². The first-order valence-corrected chi connectivity index (χ1v) is 5.08. The summed E-state index contributed by atoms with van der Waals surface area (Å²) in [7, 11) is 1.68. The van der Waals surface area contributed by atoms with Crippen LogP contribution < -0.4 is 10.5 Å². The van der Waals surface area contributed by atoms with Crippen LogP contribution in [0, 0.1) is 13.8 Å². The predicted octanol–water partition coefficient (Wildman–Crippen LogP) is 2.71. The zero-order chi connectivity index (χ0) is 11.7. The van der Waals surface area contributed by atoms with Crippen LogP contribution in [-0.4, -0.2) is 17.3 Å². The molecule has 2 aromatic rings. The molecule has 0 atom stereocenters. The number of rotatable bonds is 2. The maximum atomic E-state index is 5.58. The van der Waals surface area contributed by atoms with Gasteiger partial charge in [0.05, 0.1) is 12.8 Å². The second-order valence-electron chi connectivity index (χ2n) is 3.85. The van der Waals surface area contributed by atoms with Gasteiger partial charge in [0.25, 0.3) is 0 Å². The molecule has 1 aromatic heterocycles. The molecule has 0 aliphatic carbocycles. The molecule has 0 saturated heterocycles. The van der Waals surface area contributed by atoms with E-state index in [1.807, 2.05) is 19.9 Å². The topological polar surface area (TPSA) is 63.9 Å². The summed E-state index contributed by atoms with van der Waals surface area (Å²) in [6.07, 6.45) is 0. The molecule has 1 heterocycles. The van der Waals surface area contributed by atoms with Crippen molar-refractivity contribution in [2.75, 3.05) is 12.8 Å². The lowest BCUT2D eigenvalue weighted by molar-refractivity contribution is 0.408. The van der Waals surface area contributed by atoms with Crippen molar-refractivity contribution in [1.29, 1.82) is 0 Å². The molecular weight excluding hydrogens is 238 g/mol. The standard InChI is InChI=1S/C12H15N3O.ClH/c1-7-4-9(5-8(2)12(7)16-3)10-6-11(13)15-14-10;/h4-6H,1-3H3,(H3,13,14,15);1H. The average Bonchev–Trinajstić information content (AvgIpc) is 2.64. The highest BCUT2D eigenvalue weighted by Gasteiger charge is 2.08. The van der Waals surface area contributed by atoms with E-state index in [0.717, 1.165) is 28.1 Å². The van der Waals surface area contributed by atoms with Crippen molar-refractivity contribution in [3.8, 4) is 17.0 Å². The number of nitrogens with one attached hydrogen (secondary N) is 1. The number of benzene rings is 1. The monoisotopic (exact) mass is 253 g/mol. The summed E-state index contributed by atoms with van der Waals surface area (Å²) in [6.45, 7) is 4.05. The summed E-state index contributed by atoms with van der Waals surface area (Å²) in [5, 5.41) is 6.81. The van der Waals surface area contributed by atoms with Crippen LogP contribution in [0.15, 0.2) is 18.2 Å². The quantitative estimate of drug-likeness (QED) is 0.865. The number of nitrogens with zero attached hydrogens (tertiary/aromatic N) is 1. The van der Waals surface area contributed by atoms with Gasteiger partial charge in [0.1, 0.15) is 11.6 Å². The normalized spacial score (nSPS) is 9.82. The third kappa shape index (κ3) is 2.53. The number of hydrogen-bond acceptors (Lipinski definition) is 3. The Bertz CT molecular complexity index is 499. The van der Waals surface area contributed by atoms with E-state index in [9.17, 15) is 0 Å². The average molecular weight is 254 g/mol. The van der Waals surface area contributed by atoms with Gasteiger partial charge >= 0.3 is 0 Å². The molecule has 0 fully saturated rings. The van der Waals surface area contributed by atoms with Crippen LogP contribution in [0.5, 0.6) is 5.75 Å². The van der Waals surface area contributed by atoms with Gasteiger partial charge in [0.15, 0.2) is 0 Å². The SMILES string of the molecule is COc1c(C)cc(-c2cc(N)n[nH]2)cc1C.Cl. The number of methoxy groups -OCH3 is 1. The number of nitrogen functional groups attached to an aromatic ring is 1. The lowest BCUT2D eigenvalue weighted by Crippen LogP contribution is -1.92. The highest BCUT2D eigenvalue weighted by atomic mass is 35.5. The first-order valence-electron chi connectivity index (χ1n) is 5.08. The number of nitrogens with two attached hydrogens (primary N) is 1. The van der Waals surface area contributed by atoms with Crippen molar-refractivity contribution in [1.82, 2.24) is 10.2 Å². The lowest BCUT2D eigenvalue weighted by atomic mass is 10.0. The fourth-order valence-corrected chi connectivity index (χ4v) is 1.91. The lowest BCUT2D eigenvalue weighted by Gasteiger charge is -2.10. The number of aromatic nitrogens is 2. The number of hydrogen-bond donors (Lipinski definition) is 2. The summed E-state index contributed by atoms with van der Waals surface area (Å²) in [5.41, 5.74) is 9.78. The van der Waals surface area contributed by atoms with Gasteiger partial charge in [-0.15, -0.1) is 12.4 Å². The van der Waals surface area contributed by atoms with Gasteiger partial charge in [-0.25, -0.2) is 0 Å². The molecule has 92 valence electrons. The Balaban J connectivity index is 0.00000144. The van der Waals surface area contributed by atoms with Crippen molar-refractivity contribution in [3.05, 3.63) is 29.3 Å². The van der Waals surface area contributed by atoms with Crippen LogP contribution >= 0.6 is 12.4 Å². The molecule has 0 spiro atoms. The second kappa shape index (κ2) is 5.10. The van der Waals surface area contributed by atoms with E-state index in [1.54, 1.807) is 7.11 Å². The molecule has 2 rings (SSSR count).